The second kappa shape index (κ2) is 13.4. The van der Waals surface area contributed by atoms with Gasteiger partial charge in [0.2, 0.25) is 0 Å². The van der Waals surface area contributed by atoms with Crippen LogP contribution in [0.3, 0.4) is 0 Å². The fourth-order valence-electron chi connectivity index (χ4n) is 6.43. The van der Waals surface area contributed by atoms with Crippen LogP contribution in [0.2, 0.25) is 0 Å². The van der Waals surface area contributed by atoms with Gasteiger partial charge in [-0.1, -0.05) is 164 Å². The number of nitrogens with one attached hydrogen (secondary N) is 1. The summed E-state index contributed by atoms with van der Waals surface area (Å²) in [5.74, 6) is 0.686. The van der Waals surface area contributed by atoms with Crippen molar-refractivity contribution in [3.8, 4) is 33.9 Å². The first-order chi connectivity index (χ1) is 24.2. The molecule has 0 saturated carbocycles. The minimum atomic E-state index is -0.383. The molecule has 0 aliphatic carbocycles. The number of nitrogens with two attached hydrogens (primary N) is 1. The van der Waals surface area contributed by atoms with Crippen LogP contribution in [0, 0.1) is 0 Å². The minimum Gasteiger partial charge on any atom is -0.354 e. The lowest BCUT2D eigenvalue weighted by atomic mass is 9.86. The van der Waals surface area contributed by atoms with Crippen LogP contribution in [-0.2, 0) is 0 Å². The Morgan fingerprint density at radius 3 is 1.67 bits per heavy atom. The molecule has 4 heteroatoms. The van der Waals surface area contributed by atoms with Crippen LogP contribution in [0.1, 0.15) is 33.9 Å². The molecule has 1 unspecified atom stereocenters. The first kappa shape index (κ1) is 30.0. The molecule has 1 aliphatic rings. The molecule has 6 aromatic carbocycles. The summed E-state index contributed by atoms with van der Waals surface area (Å²) in [6, 6.07) is 59.9. The highest BCUT2D eigenvalue weighted by molar-refractivity contribution is 6.03. The van der Waals surface area contributed by atoms with Crippen molar-refractivity contribution in [1.82, 2.24) is 15.3 Å². The van der Waals surface area contributed by atoms with Gasteiger partial charge in [-0.05, 0) is 40.5 Å². The molecule has 0 radical (unpaired) electrons. The number of hydrogen-bond donors (Lipinski definition) is 2. The number of aromatic nitrogens is 2. The summed E-state index contributed by atoms with van der Waals surface area (Å²) in [5.41, 5.74) is 20.3. The Labute approximate surface area is 287 Å². The summed E-state index contributed by atoms with van der Waals surface area (Å²) in [4.78, 5) is 10.1. The molecule has 7 aromatic rings. The first-order valence-corrected chi connectivity index (χ1v) is 16.5. The summed E-state index contributed by atoms with van der Waals surface area (Å²) < 4.78 is 0. The SMILES string of the molecule is NC(/C(=C1\NC(c2ccccc2)=Cc2ccc(-c3cc(-c4ccccc4)nc(-c4ccccc4)n3)cc21)c1ccccc1)c1ccccc1. The van der Waals surface area contributed by atoms with E-state index in [2.05, 4.69) is 121 Å². The lowest BCUT2D eigenvalue weighted by molar-refractivity contribution is 0.928. The summed E-state index contributed by atoms with van der Waals surface area (Å²) in [7, 11) is 0. The van der Waals surface area contributed by atoms with Crippen LogP contribution in [0.25, 0.3) is 56.9 Å². The van der Waals surface area contributed by atoms with Crippen LogP contribution in [0.4, 0.5) is 0 Å². The zero-order valence-corrected chi connectivity index (χ0v) is 26.9. The van der Waals surface area contributed by atoms with E-state index in [0.717, 1.165) is 72.9 Å². The van der Waals surface area contributed by atoms with Gasteiger partial charge >= 0.3 is 0 Å². The Morgan fingerprint density at radius 1 is 0.510 bits per heavy atom. The maximum absolute atomic E-state index is 7.22. The van der Waals surface area contributed by atoms with Crippen molar-refractivity contribution in [2.45, 2.75) is 6.04 Å². The lowest BCUT2D eigenvalue weighted by Gasteiger charge is -2.29. The monoisotopic (exact) mass is 630 g/mol. The molecule has 0 amide bonds. The largest absolute Gasteiger partial charge is 0.354 e. The lowest BCUT2D eigenvalue weighted by Crippen LogP contribution is -2.22. The number of benzene rings is 6. The van der Waals surface area contributed by atoms with Gasteiger partial charge in [-0.25, -0.2) is 9.97 Å². The van der Waals surface area contributed by atoms with Gasteiger partial charge in [0.05, 0.1) is 23.1 Å². The predicted molar refractivity (Wildman–Crippen MR) is 202 cm³/mol. The van der Waals surface area contributed by atoms with Crippen LogP contribution in [-0.4, -0.2) is 9.97 Å². The van der Waals surface area contributed by atoms with E-state index in [0.29, 0.717) is 5.82 Å². The van der Waals surface area contributed by atoms with Crippen molar-refractivity contribution in [3.63, 3.8) is 0 Å². The predicted octanol–water partition coefficient (Wildman–Crippen LogP) is 10.1. The van der Waals surface area contributed by atoms with Crippen LogP contribution in [0.5, 0.6) is 0 Å². The fraction of sp³-hybridized carbons (Fsp3) is 0.0222. The number of hydrogen-bond acceptors (Lipinski definition) is 4. The second-order valence-corrected chi connectivity index (χ2v) is 12.1. The Bertz CT molecular complexity index is 2220. The van der Waals surface area contributed by atoms with E-state index in [1.54, 1.807) is 0 Å². The average Bonchev–Trinajstić information content (AvgIpc) is 3.19. The van der Waals surface area contributed by atoms with E-state index in [4.69, 9.17) is 15.7 Å². The van der Waals surface area contributed by atoms with E-state index in [1.807, 2.05) is 66.7 Å². The molecule has 1 aromatic heterocycles. The maximum Gasteiger partial charge on any atom is 0.160 e. The van der Waals surface area contributed by atoms with Gasteiger partial charge in [0.1, 0.15) is 0 Å². The van der Waals surface area contributed by atoms with E-state index < -0.39 is 0 Å². The van der Waals surface area contributed by atoms with E-state index >= 15 is 0 Å². The van der Waals surface area contributed by atoms with Crippen LogP contribution < -0.4 is 11.1 Å². The zero-order chi connectivity index (χ0) is 33.0. The molecule has 3 N–H and O–H groups in total. The first-order valence-electron chi connectivity index (χ1n) is 16.5. The van der Waals surface area contributed by atoms with Crippen molar-refractivity contribution >= 4 is 23.0 Å². The molecule has 0 saturated heterocycles. The molecule has 1 aliphatic heterocycles. The van der Waals surface area contributed by atoms with Gasteiger partial charge in [0.25, 0.3) is 0 Å². The van der Waals surface area contributed by atoms with E-state index in [1.165, 1.54) is 0 Å². The van der Waals surface area contributed by atoms with Gasteiger partial charge in [0, 0.05) is 33.5 Å². The standard InChI is InChI=1S/C45H34N4/c46-43(34-22-12-4-13-23-34)42(33-20-10-3-11-21-33)44-38-28-37(27-26-36(38)29-39(47-44)31-16-6-1-7-17-31)41-30-40(32-18-8-2-9-19-32)48-45(49-41)35-24-14-5-15-25-35/h1-30,43,47H,46H2/b44-42-. The molecule has 8 rings (SSSR count). The van der Waals surface area contributed by atoms with Crippen molar-refractivity contribution < 1.29 is 0 Å². The fourth-order valence-corrected chi connectivity index (χ4v) is 6.43. The maximum atomic E-state index is 7.22. The second-order valence-electron chi connectivity index (χ2n) is 12.1. The molecule has 234 valence electrons. The Balaban J connectivity index is 1.36. The van der Waals surface area contributed by atoms with Crippen LogP contribution >= 0.6 is 0 Å². The molecule has 0 fully saturated rings. The van der Waals surface area contributed by atoms with Gasteiger partial charge in [-0.2, -0.15) is 0 Å². The molecule has 1 atom stereocenters. The highest BCUT2D eigenvalue weighted by atomic mass is 14.9. The average molecular weight is 631 g/mol. The number of rotatable bonds is 7. The summed E-state index contributed by atoms with van der Waals surface area (Å²) in [5, 5.41) is 3.86. The minimum absolute atomic E-state index is 0.383. The van der Waals surface area contributed by atoms with Crippen molar-refractivity contribution in [2.24, 2.45) is 5.73 Å². The third kappa shape index (κ3) is 6.21. The van der Waals surface area contributed by atoms with Gasteiger partial charge in [-0.15, -0.1) is 0 Å². The molecule has 0 bridgehead atoms. The van der Waals surface area contributed by atoms with Gasteiger partial charge < -0.3 is 11.1 Å². The van der Waals surface area contributed by atoms with Crippen molar-refractivity contribution in [1.29, 1.82) is 0 Å². The Hall–Kier alpha value is -6.36. The Kier molecular flexibility index (Phi) is 8.21. The summed E-state index contributed by atoms with van der Waals surface area (Å²) in [6.07, 6.45) is 2.22. The molecule has 4 nitrogen and oxygen atoms in total. The van der Waals surface area contributed by atoms with Gasteiger partial charge in [0.15, 0.2) is 5.82 Å². The molecule has 0 spiro atoms. The molecular formula is C45H34N4. The smallest absolute Gasteiger partial charge is 0.160 e. The van der Waals surface area contributed by atoms with Crippen LogP contribution in [0.15, 0.2) is 176 Å². The Morgan fingerprint density at radius 2 is 1.04 bits per heavy atom. The van der Waals surface area contributed by atoms with Gasteiger partial charge in [-0.3, -0.25) is 0 Å². The summed E-state index contributed by atoms with van der Waals surface area (Å²) >= 11 is 0. The molecule has 2 heterocycles. The highest BCUT2D eigenvalue weighted by Gasteiger charge is 2.25. The third-order valence-corrected chi connectivity index (χ3v) is 8.91. The topological polar surface area (TPSA) is 63.8 Å². The normalized spacial score (nSPS) is 13.9. The third-order valence-electron chi connectivity index (χ3n) is 8.91. The molecule has 49 heavy (non-hydrogen) atoms. The molecular weight excluding hydrogens is 597 g/mol. The summed E-state index contributed by atoms with van der Waals surface area (Å²) in [6.45, 7) is 0. The van der Waals surface area contributed by atoms with Crippen molar-refractivity contribution in [2.75, 3.05) is 0 Å². The number of nitrogens with zero attached hydrogens (tertiary/aromatic N) is 2. The van der Waals surface area contributed by atoms with Crippen molar-refractivity contribution in [3.05, 3.63) is 204 Å². The highest BCUT2D eigenvalue weighted by Crippen LogP contribution is 2.41. The quantitative estimate of drug-likeness (QED) is 0.184. The zero-order valence-electron chi connectivity index (χ0n) is 26.9. The van der Waals surface area contributed by atoms with E-state index in [9.17, 15) is 0 Å². The number of fused-ring (bicyclic) bond motifs is 1. The van der Waals surface area contributed by atoms with E-state index in [-0.39, 0.29) is 6.04 Å².